The minimum Gasteiger partial charge on any atom is -0.378 e. The molecule has 1 aliphatic heterocycles. The highest BCUT2D eigenvalue weighted by atomic mass is 79.9. The molecule has 6 heteroatoms. The van der Waals surface area contributed by atoms with Crippen LogP contribution < -0.4 is 10.6 Å². The number of rotatable bonds is 5. The highest BCUT2D eigenvalue weighted by Gasteiger charge is 2.16. The van der Waals surface area contributed by atoms with Crippen LogP contribution in [-0.2, 0) is 11.3 Å². The summed E-state index contributed by atoms with van der Waals surface area (Å²) in [6.45, 7) is 5.78. The monoisotopic (exact) mass is 329 g/mol. The van der Waals surface area contributed by atoms with Crippen LogP contribution in [-0.4, -0.2) is 42.8 Å². The number of halogens is 1. The van der Waals surface area contributed by atoms with Crippen molar-refractivity contribution in [2.24, 2.45) is 0 Å². The number of hydrogen-bond acceptors (Lipinski definition) is 3. The number of carbonyl (C=O) groups excluding carboxylic acids is 1. The number of aromatic nitrogens is 1. The van der Waals surface area contributed by atoms with Crippen LogP contribution in [0.15, 0.2) is 16.7 Å². The molecule has 0 aromatic carbocycles. The largest absolute Gasteiger partial charge is 0.378 e. The third kappa shape index (κ3) is 4.06. The molecule has 106 valence electrons. The molecule has 5 nitrogen and oxygen atoms in total. The molecule has 1 saturated heterocycles. The second-order valence-electron chi connectivity index (χ2n) is 4.67. The summed E-state index contributed by atoms with van der Waals surface area (Å²) in [5.74, 6) is -0.0356. The van der Waals surface area contributed by atoms with Crippen molar-refractivity contribution in [1.82, 2.24) is 15.2 Å². The Morgan fingerprint density at radius 3 is 3.21 bits per heavy atom. The van der Waals surface area contributed by atoms with Gasteiger partial charge in [0.05, 0.1) is 13.2 Å². The minimum absolute atomic E-state index is 0.0356. The molecule has 1 aromatic rings. The first-order valence-corrected chi connectivity index (χ1v) is 7.45. The summed E-state index contributed by atoms with van der Waals surface area (Å²) in [5.41, 5.74) is 0.699. The zero-order chi connectivity index (χ0) is 13.7. The van der Waals surface area contributed by atoms with Crippen LogP contribution in [0.3, 0.4) is 0 Å². The molecule has 1 aromatic heterocycles. The van der Waals surface area contributed by atoms with E-state index in [9.17, 15) is 4.79 Å². The van der Waals surface area contributed by atoms with Crippen molar-refractivity contribution in [2.45, 2.75) is 25.9 Å². The lowest BCUT2D eigenvalue weighted by atomic mass is 10.2. The lowest BCUT2D eigenvalue weighted by molar-refractivity contribution is 0.0732. The van der Waals surface area contributed by atoms with Crippen LogP contribution in [0.2, 0.25) is 0 Å². The van der Waals surface area contributed by atoms with Gasteiger partial charge in [-0.25, -0.2) is 0 Å². The van der Waals surface area contributed by atoms with Crippen LogP contribution >= 0.6 is 15.9 Å². The first kappa shape index (κ1) is 14.6. The number of nitrogens with zero attached hydrogens (tertiary/aromatic N) is 1. The van der Waals surface area contributed by atoms with E-state index in [0.717, 1.165) is 30.6 Å². The topological polar surface area (TPSA) is 55.3 Å². The maximum atomic E-state index is 12.2. The first-order chi connectivity index (χ1) is 9.20. The summed E-state index contributed by atoms with van der Waals surface area (Å²) in [5, 5.41) is 6.27. The maximum absolute atomic E-state index is 12.2. The zero-order valence-electron chi connectivity index (χ0n) is 11.1. The van der Waals surface area contributed by atoms with E-state index in [-0.39, 0.29) is 11.9 Å². The van der Waals surface area contributed by atoms with Crippen molar-refractivity contribution in [3.05, 3.63) is 22.4 Å². The molecule has 2 N–H and O–H groups in total. The van der Waals surface area contributed by atoms with Gasteiger partial charge in [0.15, 0.2) is 0 Å². The van der Waals surface area contributed by atoms with Crippen LogP contribution in [0, 0.1) is 0 Å². The lowest BCUT2D eigenvalue weighted by Crippen LogP contribution is -2.48. The second-order valence-corrected chi connectivity index (χ2v) is 5.59. The smallest absolute Gasteiger partial charge is 0.268 e. The fraction of sp³-hybridized carbons (Fsp3) is 0.615. The van der Waals surface area contributed by atoms with Gasteiger partial charge in [0.1, 0.15) is 5.69 Å². The van der Waals surface area contributed by atoms with Gasteiger partial charge in [-0.15, -0.1) is 0 Å². The normalized spacial score (nSPS) is 19.4. The predicted octanol–water partition coefficient (Wildman–Crippen LogP) is 1.38. The van der Waals surface area contributed by atoms with E-state index in [4.69, 9.17) is 4.74 Å². The van der Waals surface area contributed by atoms with Gasteiger partial charge in [-0.05, 0) is 28.4 Å². The number of amides is 1. The van der Waals surface area contributed by atoms with Crippen LogP contribution in [0.25, 0.3) is 0 Å². The summed E-state index contributed by atoms with van der Waals surface area (Å²) in [7, 11) is 0. The Morgan fingerprint density at radius 2 is 2.53 bits per heavy atom. The molecule has 2 heterocycles. The van der Waals surface area contributed by atoms with Gasteiger partial charge in [0, 0.05) is 36.3 Å². The highest BCUT2D eigenvalue weighted by molar-refractivity contribution is 9.10. The average Bonchev–Trinajstić information content (AvgIpc) is 2.79. The highest BCUT2D eigenvalue weighted by Crippen LogP contribution is 2.15. The minimum atomic E-state index is -0.0356. The maximum Gasteiger partial charge on any atom is 0.268 e. The Balaban J connectivity index is 1.91. The SMILES string of the molecule is CCCn1cc(Br)cc1C(=O)NCC1COCCN1. The third-order valence-electron chi connectivity index (χ3n) is 3.07. The number of morpholine rings is 1. The van der Waals surface area contributed by atoms with E-state index in [1.165, 1.54) is 0 Å². The van der Waals surface area contributed by atoms with E-state index in [0.29, 0.717) is 18.8 Å². The number of nitrogens with one attached hydrogen (secondary N) is 2. The molecular formula is C13H20BrN3O2. The van der Waals surface area contributed by atoms with Crippen molar-refractivity contribution in [3.8, 4) is 0 Å². The molecule has 0 saturated carbocycles. The zero-order valence-corrected chi connectivity index (χ0v) is 12.7. The molecule has 1 unspecified atom stereocenters. The van der Waals surface area contributed by atoms with E-state index in [2.05, 4.69) is 33.5 Å². The fourth-order valence-electron chi connectivity index (χ4n) is 2.15. The van der Waals surface area contributed by atoms with Crippen LogP contribution in [0.1, 0.15) is 23.8 Å². The summed E-state index contributed by atoms with van der Waals surface area (Å²) < 4.78 is 8.27. The van der Waals surface area contributed by atoms with Crippen molar-refractivity contribution in [2.75, 3.05) is 26.3 Å². The number of carbonyl (C=O) groups is 1. The molecule has 1 aliphatic rings. The van der Waals surface area contributed by atoms with Crippen molar-refractivity contribution < 1.29 is 9.53 Å². The standard InChI is InChI=1S/C13H20BrN3O2/c1-2-4-17-8-10(14)6-12(17)13(18)16-7-11-9-19-5-3-15-11/h6,8,11,15H,2-5,7,9H2,1H3,(H,16,18). The van der Waals surface area contributed by atoms with Gasteiger partial charge in [0.25, 0.3) is 5.91 Å². The molecular weight excluding hydrogens is 310 g/mol. The molecule has 0 radical (unpaired) electrons. The van der Waals surface area contributed by atoms with E-state index >= 15 is 0 Å². The van der Waals surface area contributed by atoms with E-state index in [1.807, 2.05) is 16.8 Å². The predicted molar refractivity (Wildman–Crippen MR) is 77.4 cm³/mol. The van der Waals surface area contributed by atoms with E-state index in [1.54, 1.807) is 0 Å². The Hall–Kier alpha value is -0.850. The van der Waals surface area contributed by atoms with Gasteiger partial charge >= 0.3 is 0 Å². The van der Waals surface area contributed by atoms with Crippen molar-refractivity contribution in [1.29, 1.82) is 0 Å². The summed E-state index contributed by atoms with van der Waals surface area (Å²) in [6, 6.07) is 2.06. The van der Waals surface area contributed by atoms with Gasteiger partial charge in [-0.3, -0.25) is 4.79 Å². The van der Waals surface area contributed by atoms with Crippen LogP contribution in [0.4, 0.5) is 0 Å². The van der Waals surface area contributed by atoms with Gasteiger partial charge in [-0.1, -0.05) is 6.92 Å². The summed E-state index contributed by atoms with van der Waals surface area (Å²) in [4.78, 5) is 12.2. The van der Waals surface area contributed by atoms with Crippen molar-refractivity contribution in [3.63, 3.8) is 0 Å². The van der Waals surface area contributed by atoms with Gasteiger partial charge in [0.2, 0.25) is 0 Å². The molecule has 1 atom stereocenters. The molecule has 1 amide bonds. The number of ether oxygens (including phenoxy) is 1. The fourth-order valence-corrected chi connectivity index (χ4v) is 2.61. The third-order valence-corrected chi connectivity index (χ3v) is 3.50. The Morgan fingerprint density at radius 1 is 1.68 bits per heavy atom. The first-order valence-electron chi connectivity index (χ1n) is 6.65. The molecule has 0 spiro atoms. The lowest BCUT2D eigenvalue weighted by Gasteiger charge is -2.24. The molecule has 1 fully saturated rings. The van der Waals surface area contributed by atoms with Crippen molar-refractivity contribution >= 4 is 21.8 Å². The Bertz CT molecular complexity index is 428. The molecule has 0 bridgehead atoms. The second kappa shape index (κ2) is 7.07. The molecule has 0 aliphatic carbocycles. The Labute approximate surface area is 121 Å². The Kier molecular flexibility index (Phi) is 5.42. The van der Waals surface area contributed by atoms with Crippen LogP contribution in [0.5, 0.6) is 0 Å². The quantitative estimate of drug-likeness (QED) is 0.858. The molecule has 19 heavy (non-hydrogen) atoms. The number of hydrogen-bond donors (Lipinski definition) is 2. The van der Waals surface area contributed by atoms with Gasteiger partial charge < -0.3 is 19.9 Å². The summed E-state index contributed by atoms with van der Waals surface area (Å²) >= 11 is 3.42. The molecule has 2 rings (SSSR count). The van der Waals surface area contributed by atoms with E-state index < -0.39 is 0 Å². The summed E-state index contributed by atoms with van der Waals surface area (Å²) in [6.07, 6.45) is 2.94. The number of aryl methyl sites for hydroxylation is 1. The average molecular weight is 330 g/mol. The van der Waals surface area contributed by atoms with Gasteiger partial charge in [-0.2, -0.15) is 0 Å².